The molecule has 0 aliphatic rings. The number of hydrogen-bond donors (Lipinski definition) is 1. The highest BCUT2D eigenvalue weighted by molar-refractivity contribution is 7.80. The molecule has 4 nitrogen and oxygen atoms in total. The second kappa shape index (κ2) is 4.86. The van der Waals surface area contributed by atoms with Crippen LogP contribution in [0.5, 0.6) is 0 Å². The van der Waals surface area contributed by atoms with Crippen molar-refractivity contribution in [1.82, 2.24) is 9.78 Å². The van der Waals surface area contributed by atoms with Gasteiger partial charge in [-0.2, -0.15) is 9.78 Å². The van der Waals surface area contributed by atoms with E-state index in [0.29, 0.717) is 11.1 Å². The molecule has 0 atom stereocenters. The molecule has 0 aliphatic carbocycles. The molecule has 98 valence electrons. The molecule has 1 heterocycles. The molecule has 0 unspecified atom stereocenters. The van der Waals surface area contributed by atoms with E-state index < -0.39 is 0 Å². The van der Waals surface area contributed by atoms with Crippen LogP contribution >= 0.6 is 12.2 Å². The first-order valence-electron chi connectivity index (χ1n) is 6.06. The van der Waals surface area contributed by atoms with Gasteiger partial charge in [-0.3, -0.25) is 4.79 Å². The predicted octanol–water partition coefficient (Wildman–Crippen LogP) is 2.16. The number of aromatic nitrogens is 2. The number of benzene rings is 2. The number of fused-ring (bicyclic) bond motifs is 1. The molecule has 0 bridgehead atoms. The molecule has 0 saturated carbocycles. The van der Waals surface area contributed by atoms with Crippen molar-refractivity contribution < 1.29 is 0 Å². The van der Waals surface area contributed by atoms with Crippen LogP contribution in [0.4, 0.5) is 0 Å². The molecule has 1 aromatic heterocycles. The number of hydrogen-bond acceptors (Lipinski definition) is 3. The van der Waals surface area contributed by atoms with E-state index in [1.54, 1.807) is 6.07 Å². The minimum Gasteiger partial charge on any atom is -0.374 e. The Morgan fingerprint density at radius 2 is 1.60 bits per heavy atom. The number of thiocarbonyl (C=S) groups is 1. The number of nitrogens with two attached hydrogens (primary N) is 1. The molecule has 0 amide bonds. The van der Waals surface area contributed by atoms with Crippen LogP contribution < -0.4 is 11.3 Å². The fourth-order valence-electron chi connectivity index (χ4n) is 2.15. The molecule has 5 heteroatoms. The van der Waals surface area contributed by atoms with Crippen molar-refractivity contribution in [1.29, 1.82) is 0 Å². The van der Waals surface area contributed by atoms with Crippen LogP contribution in [0.2, 0.25) is 0 Å². The lowest BCUT2D eigenvalue weighted by Gasteiger charge is -2.09. The highest BCUT2D eigenvalue weighted by atomic mass is 32.1. The second-order valence-electron chi connectivity index (χ2n) is 4.32. The van der Waals surface area contributed by atoms with Gasteiger partial charge in [-0.1, -0.05) is 48.5 Å². The van der Waals surface area contributed by atoms with Crippen molar-refractivity contribution in [3.63, 3.8) is 0 Å². The molecule has 3 aromatic rings. The Morgan fingerprint density at radius 3 is 2.25 bits per heavy atom. The summed E-state index contributed by atoms with van der Waals surface area (Å²) in [6.45, 7) is 0. The molecule has 0 fully saturated rings. The quantitative estimate of drug-likeness (QED) is 0.694. The smallest absolute Gasteiger partial charge is 0.281 e. The minimum absolute atomic E-state index is 0.0575. The molecule has 2 aromatic carbocycles. The zero-order valence-corrected chi connectivity index (χ0v) is 11.3. The lowest BCUT2D eigenvalue weighted by molar-refractivity contribution is 0.880. The van der Waals surface area contributed by atoms with Crippen LogP contribution in [-0.2, 0) is 0 Å². The summed E-state index contributed by atoms with van der Waals surface area (Å²) in [6, 6.07) is 16.9. The fourth-order valence-corrected chi connectivity index (χ4v) is 2.27. The van der Waals surface area contributed by atoms with Crippen molar-refractivity contribution in [2.75, 3.05) is 0 Å². The van der Waals surface area contributed by atoms with Gasteiger partial charge in [0.2, 0.25) is 0 Å². The lowest BCUT2D eigenvalue weighted by Crippen LogP contribution is -2.34. The number of nitrogens with zero attached hydrogens (tertiary/aromatic N) is 2. The van der Waals surface area contributed by atoms with Crippen molar-refractivity contribution in [2.45, 2.75) is 0 Å². The number of rotatable bonds is 1. The maximum absolute atomic E-state index is 12.3. The summed E-state index contributed by atoms with van der Waals surface area (Å²) in [6.07, 6.45) is 0. The van der Waals surface area contributed by atoms with Gasteiger partial charge in [0.1, 0.15) is 0 Å². The first-order chi connectivity index (χ1) is 9.68. The summed E-state index contributed by atoms with van der Waals surface area (Å²) < 4.78 is 1.07. The molecule has 20 heavy (non-hydrogen) atoms. The minimum atomic E-state index is -0.298. The van der Waals surface area contributed by atoms with Crippen molar-refractivity contribution in [3.8, 4) is 11.3 Å². The topological polar surface area (TPSA) is 60.9 Å². The Kier molecular flexibility index (Phi) is 3.04. The highest BCUT2D eigenvalue weighted by Gasteiger charge is 2.12. The summed E-state index contributed by atoms with van der Waals surface area (Å²) >= 11 is 4.90. The molecular weight excluding hydrogens is 270 g/mol. The van der Waals surface area contributed by atoms with E-state index in [0.717, 1.165) is 15.6 Å². The SMILES string of the molecule is NC(=S)n1nc(-c2ccccc2)c2ccccc2c1=O. The van der Waals surface area contributed by atoms with Crippen LogP contribution in [0, 0.1) is 0 Å². The third-order valence-electron chi connectivity index (χ3n) is 3.06. The Hall–Kier alpha value is -2.53. The zero-order chi connectivity index (χ0) is 14.1. The largest absolute Gasteiger partial charge is 0.374 e. The van der Waals surface area contributed by atoms with Gasteiger partial charge in [0, 0.05) is 10.9 Å². The summed E-state index contributed by atoms with van der Waals surface area (Å²) in [4.78, 5) is 12.3. The van der Waals surface area contributed by atoms with Gasteiger partial charge in [-0.15, -0.1) is 0 Å². The van der Waals surface area contributed by atoms with Crippen LogP contribution in [0.15, 0.2) is 59.4 Å². The molecular formula is C15H11N3OS. The second-order valence-corrected chi connectivity index (χ2v) is 4.73. The van der Waals surface area contributed by atoms with E-state index in [1.807, 2.05) is 48.5 Å². The van der Waals surface area contributed by atoms with Gasteiger partial charge in [-0.25, -0.2) is 0 Å². The normalized spacial score (nSPS) is 10.6. The van der Waals surface area contributed by atoms with Gasteiger partial charge in [-0.05, 0) is 18.3 Å². The van der Waals surface area contributed by atoms with Gasteiger partial charge in [0.25, 0.3) is 5.56 Å². The maximum atomic E-state index is 12.3. The van der Waals surface area contributed by atoms with E-state index in [-0.39, 0.29) is 10.7 Å². The molecule has 0 radical (unpaired) electrons. The van der Waals surface area contributed by atoms with Gasteiger partial charge in [0.05, 0.1) is 11.1 Å². The summed E-state index contributed by atoms with van der Waals surface area (Å²) in [5.41, 5.74) is 6.89. The first kappa shape index (κ1) is 12.5. The first-order valence-corrected chi connectivity index (χ1v) is 6.46. The highest BCUT2D eigenvalue weighted by Crippen LogP contribution is 2.23. The van der Waals surface area contributed by atoms with E-state index in [1.165, 1.54) is 0 Å². The summed E-state index contributed by atoms with van der Waals surface area (Å²) in [5, 5.41) is 5.59. The third-order valence-corrected chi connectivity index (χ3v) is 3.23. The zero-order valence-electron chi connectivity index (χ0n) is 10.5. The monoisotopic (exact) mass is 281 g/mol. The third kappa shape index (κ3) is 1.98. The molecule has 3 rings (SSSR count). The van der Waals surface area contributed by atoms with Crippen molar-refractivity contribution in [3.05, 3.63) is 65.0 Å². The fraction of sp³-hybridized carbons (Fsp3) is 0. The maximum Gasteiger partial charge on any atom is 0.281 e. The lowest BCUT2D eigenvalue weighted by atomic mass is 10.1. The molecule has 0 aliphatic heterocycles. The van der Waals surface area contributed by atoms with E-state index in [9.17, 15) is 4.79 Å². The summed E-state index contributed by atoms with van der Waals surface area (Å²) in [7, 11) is 0. The summed E-state index contributed by atoms with van der Waals surface area (Å²) in [5.74, 6) is 0. The Labute approximate surface area is 120 Å². The Morgan fingerprint density at radius 1 is 1.00 bits per heavy atom. The van der Waals surface area contributed by atoms with Crippen LogP contribution in [0.25, 0.3) is 22.0 Å². The Balaban J connectivity index is 2.46. The van der Waals surface area contributed by atoms with Crippen LogP contribution in [-0.4, -0.2) is 14.9 Å². The standard InChI is InChI=1S/C15H11N3OS/c16-15(20)18-14(19)12-9-5-4-8-11(12)13(17-18)10-6-2-1-3-7-10/h1-9H,(H2,16,20). The Bertz CT molecular complexity index is 856. The predicted molar refractivity (Wildman–Crippen MR) is 83.6 cm³/mol. The van der Waals surface area contributed by atoms with Crippen molar-refractivity contribution in [2.24, 2.45) is 5.73 Å². The average Bonchev–Trinajstić information content (AvgIpc) is 2.48. The average molecular weight is 281 g/mol. The van der Waals surface area contributed by atoms with Gasteiger partial charge >= 0.3 is 0 Å². The van der Waals surface area contributed by atoms with Gasteiger partial charge in [0.15, 0.2) is 5.11 Å². The van der Waals surface area contributed by atoms with Gasteiger partial charge < -0.3 is 5.73 Å². The van der Waals surface area contributed by atoms with E-state index >= 15 is 0 Å². The molecule has 0 saturated heterocycles. The molecule has 0 spiro atoms. The van der Waals surface area contributed by atoms with E-state index in [4.69, 9.17) is 18.0 Å². The van der Waals surface area contributed by atoms with E-state index in [2.05, 4.69) is 5.10 Å². The molecule has 2 N–H and O–H groups in total. The van der Waals surface area contributed by atoms with Crippen LogP contribution in [0.3, 0.4) is 0 Å². The van der Waals surface area contributed by atoms with Crippen LogP contribution in [0.1, 0.15) is 0 Å². The van der Waals surface area contributed by atoms with Crippen molar-refractivity contribution >= 4 is 28.1 Å².